The molecule has 0 aliphatic carbocycles. The van der Waals surface area contributed by atoms with Crippen LogP contribution in [0.2, 0.25) is 0 Å². The van der Waals surface area contributed by atoms with Crippen molar-refractivity contribution < 1.29 is 9.21 Å². The highest BCUT2D eigenvalue weighted by molar-refractivity contribution is 5.76. The molecule has 27 heavy (non-hydrogen) atoms. The molecule has 0 bridgehead atoms. The third-order valence-electron chi connectivity index (χ3n) is 4.67. The van der Waals surface area contributed by atoms with Crippen LogP contribution in [0.1, 0.15) is 0 Å². The van der Waals surface area contributed by atoms with Crippen molar-refractivity contribution in [3.8, 4) is 11.3 Å². The smallest absolute Gasteiger partial charge is 0.408 e. The zero-order chi connectivity index (χ0) is 18.6. The molecule has 0 spiro atoms. The molecular formula is C20H20N4O3. The van der Waals surface area contributed by atoms with Gasteiger partial charge < -0.3 is 14.2 Å². The number of anilines is 1. The van der Waals surface area contributed by atoms with Crippen molar-refractivity contribution in [1.82, 2.24) is 14.5 Å². The van der Waals surface area contributed by atoms with Gasteiger partial charge >= 0.3 is 5.76 Å². The SMILES string of the molecule is O=C(Cn1cc(-c2ccccc2)oc1=O)N1CCN(c2ccccn2)CC1. The Morgan fingerprint density at radius 1 is 1.00 bits per heavy atom. The number of rotatable bonds is 4. The fourth-order valence-corrected chi connectivity index (χ4v) is 3.19. The third kappa shape index (κ3) is 3.76. The van der Waals surface area contributed by atoms with Gasteiger partial charge in [0.2, 0.25) is 5.91 Å². The molecule has 1 aliphatic rings. The Balaban J connectivity index is 1.39. The first-order valence-corrected chi connectivity index (χ1v) is 8.90. The van der Waals surface area contributed by atoms with Crippen LogP contribution in [-0.4, -0.2) is 46.5 Å². The van der Waals surface area contributed by atoms with E-state index in [1.165, 1.54) is 4.57 Å². The van der Waals surface area contributed by atoms with Crippen molar-refractivity contribution in [3.05, 3.63) is 71.5 Å². The summed E-state index contributed by atoms with van der Waals surface area (Å²) in [5.41, 5.74) is 0.810. The van der Waals surface area contributed by atoms with E-state index < -0.39 is 5.76 Å². The summed E-state index contributed by atoms with van der Waals surface area (Å²) in [5, 5.41) is 0. The molecule has 3 heterocycles. The van der Waals surface area contributed by atoms with Gasteiger partial charge in [-0.1, -0.05) is 36.4 Å². The zero-order valence-electron chi connectivity index (χ0n) is 14.8. The summed E-state index contributed by atoms with van der Waals surface area (Å²) >= 11 is 0. The molecule has 1 aromatic carbocycles. The van der Waals surface area contributed by atoms with E-state index >= 15 is 0 Å². The summed E-state index contributed by atoms with van der Waals surface area (Å²) in [5.74, 6) is 0.782. The molecule has 138 valence electrons. The number of aromatic nitrogens is 2. The maximum Gasteiger partial charge on any atom is 0.419 e. The fourth-order valence-electron chi connectivity index (χ4n) is 3.19. The summed E-state index contributed by atoms with van der Waals surface area (Å²) in [6.45, 7) is 2.64. The van der Waals surface area contributed by atoms with Crippen LogP contribution in [0.3, 0.4) is 0 Å². The van der Waals surface area contributed by atoms with Crippen molar-refractivity contribution in [3.63, 3.8) is 0 Å². The van der Waals surface area contributed by atoms with E-state index in [1.54, 1.807) is 17.3 Å². The molecule has 3 aromatic rings. The van der Waals surface area contributed by atoms with Gasteiger partial charge in [0.15, 0.2) is 5.76 Å². The van der Waals surface area contributed by atoms with Gasteiger partial charge in [-0.3, -0.25) is 9.36 Å². The second-order valence-corrected chi connectivity index (χ2v) is 6.41. The Morgan fingerprint density at radius 3 is 2.44 bits per heavy atom. The first kappa shape index (κ1) is 17.1. The van der Waals surface area contributed by atoms with Crippen molar-refractivity contribution >= 4 is 11.7 Å². The Morgan fingerprint density at radius 2 is 1.74 bits per heavy atom. The Hall–Kier alpha value is -3.35. The number of oxazole rings is 1. The Kier molecular flexibility index (Phi) is 4.74. The number of benzene rings is 1. The average molecular weight is 364 g/mol. The highest BCUT2D eigenvalue weighted by atomic mass is 16.4. The monoisotopic (exact) mass is 364 g/mol. The van der Waals surface area contributed by atoms with Gasteiger partial charge in [0, 0.05) is 37.9 Å². The van der Waals surface area contributed by atoms with Crippen molar-refractivity contribution in [2.45, 2.75) is 6.54 Å². The van der Waals surface area contributed by atoms with Crippen molar-refractivity contribution in [2.75, 3.05) is 31.1 Å². The number of amides is 1. The van der Waals surface area contributed by atoms with Crippen LogP contribution in [-0.2, 0) is 11.3 Å². The third-order valence-corrected chi connectivity index (χ3v) is 4.67. The standard InChI is InChI=1S/C20H20N4O3/c25-19(23-12-10-22(11-13-23)18-8-4-5-9-21-18)15-24-14-17(27-20(24)26)16-6-2-1-3-7-16/h1-9,14H,10-13,15H2. The Bertz CT molecular complexity index is 958. The molecule has 0 N–H and O–H groups in total. The lowest BCUT2D eigenvalue weighted by Crippen LogP contribution is -2.50. The van der Waals surface area contributed by atoms with Crippen LogP contribution in [0.25, 0.3) is 11.3 Å². The van der Waals surface area contributed by atoms with Crippen molar-refractivity contribution in [1.29, 1.82) is 0 Å². The highest BCUT2D eigenvalue weighted by Gasteiger charge is 2.22. The molecule has 4 rings (SSSR count). The van der Waals surface area contributed by atoms with Gasteiger partial charge in [0.05, 0.1) is 6.20 Å². The molecule has 0 atom stereocenters. The van der Waals surface area contributed by atoms with E-state index in [4.69, 9.17) is 4.42 Å². The zero-order valence-corrected chi connectivity index (χ0v) is 14.8. The molecule has 0 unspecified atom stereocenters. The molecule has 1 fully saturated rings. The fraction of sp³-hybridized carbons (Fsp3) is 0.250. The van der Waals surface area contributed by atoms with Crippen LogP contribution >= 0.6 is 0 Å². The van der Waals surface area contributed by atoms with Crippen molar-refractivity contribution in [2.24, 2.45) is 0 Å². The number of pyridine rings is 1. The van der Waals surface area contributed by atoms with Gasteiger partial charge in [-0.25, -0.2) is 9.78 Å². The van der Waals surface area contributed by atoms with Crippen LogP contribution in [0.4, 0.5) is 5.82 Å². The van der Waals surface area contributed by atoms with Gasteiger partial charge in [-0.2, -0.15) is 0 Å². The number of hydrogen-bond donors (Lipinski definition) is 0. The van der Waals surface area contributed by atoms with E-state index in [9.17, 15) is 9.59 Å². The van der Waals surface area contributed by atoms with E-state index in [-0.39, 0.29) is 12.5 Å². The molecule has 1 saturated heterocycles. The van der Waals surface area contributed by atoms with Crippen LogP contribution in [0.15, 0.2) is 70.1 Å². The maximum atomic E-state index is 12.6. The summed E-state index contributed by atoms with van der Waals surface area (Å²) < 4.78 is 6.61. The normalized spacial score (nSPS) is 14.4. The van der Waals surface area contributed by atoms with E-state index in [0.29, 0.717) is 18.8 Å². The predicted octanol–water partition coefficient (Wildman–Crippen LogP) is 1.85. The van der Waals surface area contributed by atoms with E-state index in [1.807, 2.05) is 48.5 Å². The number of carbonyl (C=O) groups excluding carboxylic acids is 1. The summed E-state index contributed by atoms with van der Waals surface area (Å²) in [6, 6.07) is 15.2. The lowest BCUT2D eigenvalue weighted by molar-refractivity contribution is -0.132. The topological polar surface area (TPSA) is 71.6 Å². The lowest BCUT2D eigenvalue weighted by Gasteiger charge is -2.35. The molecule has 1 amide bonds. The van der Waals surface area contributed by atoms with Gasteiger partial charge in [-0.05, 0) is 12.1 Å². The minimum Gasteiger partial charge on any atom is -0.408 e. The number of carbonyl (C=O) groups is 1. The summed E-state index contributed by atoms with van der Waals surface area (Å²) in [7, 11) is 0. The molecule has 2 aromatic heterocycles. The number of nitrogens with zero attached hydrogens (tertiary/aromatic N) is 4. The summed E-state index contributed by atoms with van der Waals surface area (Å²) in [4.78, 5) is 33.0. The minimum atomic E-state index is -0.519. The molecule has 0 radical (unpaired) electrons. The van der Waals surface area contributed by atoms with Gasteiger partial charge in [0.1, 0.15) is 12.4 Å². The largest absolute Gasteiger partial charge is 0.419 e. The van der Waals surface area contributed by atoms with Crippen LogP contribution in [0.5, 0.6) is 0 Å². The second kappa shape index (κ2) is 7.49. The molecule has 1 aliphatic heterocycles. The van der Waals surface area contributed by atoms with Gasteiger partial charge in [-0.15, -0.1) is 0 Å². The predicted molar refractivity (Wildman–Crippen MR) is 101 cm³/mol. The average Bonchev–Trinajstić information content (AvgIpc) is 3.10. The van der Waals surface area contributed by atoms with Gasteiger partial charge in [0.25, 0.3) is 0 Å². The number of piperazine rings is 1. The molecular weight excluding hydrogens is 344 g/mol. The summed E-state index contributed by atoms with van der Waals surface area (Å²) in [6.07, 6.45) is 3.36. The molecule has 7 heteroatoms. The quantitative estimate of drug-likeness (QED) is 0.707. The molecule has 7 nitrogen and oxygen atoms in total. The second-order valence-electron chi connectivity index (χ2n) is 6.41. The maximum absolute atomic E-state index is 12.6. The first-order valence-electron chi connectivity index (χ1n) is 8.90. The lowest BCUT2D eigenvalue weighted by atomic mass is 10.2. The van der Waals surface area contributed by atoms with Crippen LogP contribution in [0, 0.1) is 0 Å². The van der Waals surface area contributed by atoms with E-state index in [2.05, 4.69) is 9.88 Å². The Labute approximate surface area is 156 Å². The minimum absolute atomic E-state index is 0.0151. The number of hydrogen-bond acceptors (Lipinski definition) is 5. The van der Waals surface area contributed by atoms with Crippen LogP contribution < -0.4 is 10.7 Å². The highest BCUT2D eigenvalue weighted by Crippen LogP contribution is 2.17. The van der Waals surface area contributed by atoms with E-state index in [0.717, 1.165) is 24.5 Å². The first-order chi connectivity index (χ1) is 13.2. The molecule has 0 saturated carbocycles.